The number of ether oxygens (including phenoxy) is 2. The van der Waals surface area contributed by atoms with E-state index in [-0.39, 0.29) is 10.8 Å². The van der Waals surface area contributed by atoms with Crippen molar-refractivity contribution >= 4 is 15.9 Å². The van der Waals surface area contributed by atoms with Gasteiger partial charge >= 0.3 is 0 Å². The van der Waals surface area contributed by atoms with E-state index in [4.69, 9.17) is 14.6 Å². The van der Waals surface area contributed by atoms with Gasteiger partial charge in [-0.1, -0.05) is 12.1 Å². The molecule has 0 aliphatic heterocycles. The zero-order valence-corrected chi connectivity index (χ0v) is 14.8. The molecule has 0 saturated heterocycles. The number of carbonyl (C=O) groups is 1. The van der Waals surface area contributed by atoms with Gasteiger partial charge in [-0.25, -0.2) is 13.6 Å². The van der Waals surface area contributed by atoms with Gasteiger partial charge in [-0.05, 0) is 36.2 Å². The van der Waals surface area contributed by atoms with Crippen LogP contribution in [0.1, 0.15) is 15.9 Å². The summed E-state index contributed by atoms with van der Waals surface area (Å²) < 4.78 is 32.7. The van der Waals surface area contributed by atoms with Gasteiger partial charge in [-0.15, -0.1) is 0 Å². The van der Waals surface area contributed by atoms with E-state index in [9.17, 15) is 13.2 Å². The molecular formula is C17H20N2O5S. The topological polar surface area (TPSA) is 108 Å². The van der Waals surface area contributed by atoms with Crippen LogP contribution in [0.25, 0.3) is 0 Å². The van der Waals surface area contributed by atoms with Crippen molar-refractivity contribution in [1.29, 1.82) is 0 Å². The summed E-state index contributed by atoms with van der Waals surface area (Å²) in [5.74, 6) is 0.810. The first kappa shape index (κ1) is 18.8. The number of hydrogen-bond donors (Lipinski definition) is 2. The predicted octanol–water partition coefficient (Wildman–Crippen LogP) is 1.32. The zero-order chi connectivity index (χ0) is 18.4. The molecule has 0 aliphatic carbocycles. The SMILES string of the molecule is COc1cc(OC)cc(C(=O)NCCc2ccc(S(N)(=O)=O)cc2)c1. The third-order valence-electron chi connectivity index (χ3n) is 3.56. The first-order valence-corrected chi connectivity index (χ1v) is 9.01. The van der Waals surface area contributed by atoms with Crippen molar-refractivity contribution < 1.29 is 22.7 Å². The van der Waals surface area contributed by atoms with E-state index in [1.54, 1.807) is 30.3 Å². The van der Waals surface area contributed by atoms with E-state index in [1.165, 1.54) is 26.4 Å². The van der Waals surface area contributed by atoms with E-state index in [0.29, 0.717) is 30.0 Å². The lowest BCUT2D eigenvalue weighted by atomic mass is 10.1. The van der Waals surface area contributed by atoms with Crippen LogP contribution < -0.4 is 19.9 Å². The molecule has 0 aromatic heterocycles. The standard InChI is InChI=1S/C17H20N2O5S/c1-23-14-9-13(10-15(11-14)24-2)17(20)19-8-7-12-3-5-16(6-4-12)25(18,21)22/h3-6,9-11H,7-8H2,1-2H3,(H,19,20)(H2,18,21,22). The summed E-state index contributed by atoms with van der Waals surface area (Å²) in [7, 11) is -0.665. The van der Waals surface area contributed by atoms with Gasteiger partial charge in [0.05, 0.1) is 19.1 Å². The molecule has 7 nitrogen and oxygen atoms in total. The molecule has 134 valence electrons. The molecular weight excluding hydrogens is 344 g/mol. The Morgan fingerprint density at radius 2 is 1.60 bits per heavy atom. The lowest BCUT2D eigenvalue weighted by Gasteiger charge is -2.09. The fourth-order valence-electron chi connectivity index (χ4n) is 2.21. The van der Waals surface area contributed by atoms with Crippen LogP contribution in [0.15, 0.2) is 47.4 Å². The summed E-state index contributed by atoms with van der Waals surface area (Å²) >= 11 is 0. The van der Waals surface area contributed by atoms with Crippen LogP contribution >= 0.6 is 0 Å². The molecule has 1 amide bonds. The number of nitrogens with two attached hydrogens (primary N) is 1. The number of hydrogen-bond acceptors (Lipinski definition) is 5. The Kier molecular flexibility index (Phi) is 6.00. The lowest BCUT2D eigenvalue weighted by Crippen LogP contribution is -2.25. The summed E-state index contributed by atoms with van der Waals surface area (Å²) in [6, 6.07) is 11.2. The number of rotatable bonds is 7. The van der Waals surface area contributed by atoms with Gasteiger partial charge in [0.1, 0.15) is 11.5 Å². The van der Waals surface area contributed by atoms with Crippen molar-refractivity contribution in [3.63, 3.8) is 0 Å². The van der Waals surface area contributed by atoms with Crippen molar-refractivity contribution in [2.45, 2.75) is 11.3 Å². The second-order valence-electron chi connectivity index (χ2n) is 5.30. The highest BCUT2D eigenvalue weighted by molar-refractivity contribution is 7.89. The summed E-state index contributed by atoms with van der Waals surface area (Å²) in [4.78, 5) is 12.3. The van der Waals surface area contributed by atoms with Crippen LogP contribution in [0.4, 0.5) is 0 Å². The van der Waals surface area contributed by atoms with Crippen LogP contribution in [0, 0.1) is 0 Å². The molecule has 3 N–H and O–H groups in total. The maximum absolute atomic E-state index is 12.2. The summed E-state index contributed by atoms with van der Waals surface area (Å²) in [6.07, 6.45) is 0.553. The monoisotopic (exact) mass is 364 g/mol. The largest absolute Gasteiger partial charge is 0.497 e. The Bertz CT molecular complexity index is 826. The van der Waals surface area contributed by atoms with Crippen LogP contribution in [0.5, 0.6) is 11.5 Å². The Balaban J connectivity index is 1.96. The minimum Gasteiger partial charge on any atom is -0.497 e. The minimum atomic E-state index is -3.70. The van der Waals surface area contributed by atoms with Crippen molar-refractivity contribution in [2.75, 3.05) is 20.8 Å². The van der Waals surface area contributed by atoms with Crippen molar-refractivity contribution in [2.24, 2.45) is 5.14 Å². The highest BCUT2D eigenvalue weighted by Crippen LogP contribution is 2.22. The first-order valence-electron chi connectivity index (χ1n) is 7.46. The predicted molar refractivity (Wildman–Crippen MR) is 93.4 cm³/mol. The molecule has 0 spiro atoms. The van der Waals surface area contributed by atoms with E-state index in [0.717, 1.165) is 5.56 Å². The number of sulfonamides is 1. The Labute approximate surface area is 146 Å². The maximum Gasteiger partial charge on any atom is 0.251 e. The third-order valence-corrected chi connectivity index (χ3v) is 4.49. The number of carbonyl (C=O) groups excluding carboxylic acids is 1. The second-order valence-corrected chi connectivity index (χ2v) is 6.86. The van der Waals surface area contributed by atoms with Crippen LogP contribution in [-0.2, 0) is 16.4 Å². The summed E-state index contributed by atoms with van der Waals surface area (Å²) in [6.45, 7) is 0.396. The fourth-order valence-corrected chi connectivity index (χ4v) is 2.72. The highest BCUT2D eigenvalue weighted by Gasteiger charge is 2.10. The van der Waals surface area contributed by atoms with Gasteiger partial charge < -0.3 is 14.8 Å². The van der Waals surface area contributed by atoms with Crippen LogP contribution in [0.3, 0.4) is 0 Å². The van der Waals surface area contributed by atoms with E-state index >= 15 is 0 Å². The molecule has 0 fully saturated rings. The van der Waals surface area contributed by atoms with Gasteiger partial charge in [-0.2, -0.15) is 0 Å². The molecule has 2 aromatic rings. The Morgan fingerprint density at radius 3 is 2.08 bits per heavy atom. The quantitative estimate of drug-likeness (QED) is 0.770. The van der Waals surface area contributed by atoms with Crippen molar-refractivity contribution in [3.8, 4) is 11.5 Å². The van der Waals surface area contributed by atoms with Gasteiger partial charge in [0.2, 0.25) is 10.0 Å². The number of methoxy groups -OCH3 is 2. The zero-order valence-electron chi connectivity index (χ0n) is 14.0. The number of benzene rings is 2. The molecule has 0 unspecified atom stereocenters. The summed E-state index contributed by atoms with van der Waals surface area (Å²) in [5, 5.41) is 7.86. The average molecular weight is 364 g/mol. The van der Waals surface area contributed by atoms with Crippen LogP contribution in [0.2, 0.25) is 0 Å². The molecule has 0 heterocycles. The molecule has 25 heavy (non-hydrogen) atoms. The van der Waals surface area contributed by atoms with Gasteiger partial charge in [-0.3, -0.25) is 4.79 Å². The molecule has 0 radical (unpaired) electrons. The molecule has 2 aromatic carbocycles. The molecule has 0 saturated carbocycles. The van der Waals surface area contributed by atoms with Crippen molar-refractivity contribution in [1.82, 2.24) is 5.32 Å². The number of amides is 1. The smallest absolute Gasteiger partial charge is 0.251 e. The number of primary sulfonamides is 1. The average Bonchev–Trinajstić information content (AvgIpc) is 2.60. The Morgan fingerprint density at radius 1 is 1.04 bits per heavy atom. The van der Waals surface area contributed by atoms with Gasteiger partial charge in [0.15, 0.2) is 0 Å². The van der Waals surface area contributed by atoms with Gasteiger partial charge in [0, 0.05) is 18.2 Å². The minimum absolute atomic E-state index is 0.0590. The molecule has 8 heteroatoms. The lowest BCUT2D eigenvalue weighted by molar-refractivity contribution is 0.0953. The second kappa shape index (κ2) is 8.00. The molecule has 0 atom stereocenters. The third kappa shape index (κ3) is 5.20. The molecule has 0 aliphatic rings. The first-order chi connectivity index (χ1) is 11.8. The van der Waals surface area contributed by atoms with E-state index in [1.807, 2.05) is 0 Å². The normalized spacial score (nSPS) is 11.0. The highest BCUT2D eigenvalue weighted by atomic mass is 32.2. The fraction of sp³-hybridized carbons (Fsp3) is 0.235. The van der Waals surface area contributed by atoms with Crippen molar-refractivity contribution in [3.05, 3.63) is 53.6 Å². The molecule has 2 rings (SSSR count). The van der Waals surface area contributed by atoms with Gasteiger partial charge in [0.25, 0.3) is 5.91 Å². The summed E-state index contributed by atoms with van der Waals surface area (Å²) in [5.41, 5.74) is 1.32. The van der Waals surface area contributed by atoms with Crippen LogP contribution in [-0.4, -0.2) is 35.1 Å². The maximum atomic E-state index is 12.2. The van der Waals surface area contributed by atoms with E-state index in [2.05, 4.69) is 5.32 Å². The molecule has 0 bridgehead atoms. The number of nitrogens with one attached hydrogen (secondary N) is 1. The Hall–Kier alpha value is -2.58. The van der Waals surface area contributed by atoms with E-state index < -0.39 is 10.0 Å².